The second kappa shape index (κ2) is 7.87. The van der Waals surface area contributed by atoms with Crippen molar-refractivity contribution in [3.8, 4) is 5.75 Å². The fourth-order valence-electron chi connectivity index (χ4n) is 4.19. The number of aromatic hydroxyl groups is 1. The number of carbonyl (C=O) groups excluding carboxylic acids is 2. The minimum atomic E-state index is -0.0528. The van der Waals surface area contributed by atoms with Gasteiger partial charge in [-0.2, -0.15) is 0 Å². The van der Waals surface area contributed by atoms with Crippen LogP contribution in [0.2, 0.25) is 5.02 Å². The summed E-state index contributed by atoms with van der Waals surface area (Å²) in [5, 5.41) is 9.76. The molecule has 2 aliphatic rings. The fourth-order valence-corrected chi connectivity index (χ4v) is 4.37. The lowest BCUT2D eigenvalue weighted by Gasteiger charge is -2.48. The molecule has 0 radical (unpaired) electrons. The van der Waals surface area contributed by atoms with E-state index in [1.165, 1.54) is 12.1 Å². The second-order valence-electron chi connectivity index (χ2n) is 7.67. The summed E-state index contributed by atoms with van der Waals surface area (Å²) < 4.78 is 0. The molecule has 0 bridgehead atoms. The Morgan fingerprint density at radius 2 is 2.12 bits per heavy atom. The van der Waals surface area contributed by atoms with Crippen molar-refractivity contribution >= 4 is 23.4 Å². The molecule has 2 heterocycles. The number of benzene rings is 1. The van der Waals surface area contributed by atoms with E-state index >= 15 is 0 Å². The van der Waals surface area contributed by atoms with Gasteiger partial charge in [-0.25, -0.2) is 0 Å². The van der Waals surface area contributed by atoms with Crippen LogP contribution in [-0.4, -0.2) is 52.9 Å². The first-order chi connectivity index (χ1) is 12.4. The molecule has 1 aromatic carbocycles. The topological polar surface area (TPSA) is 60.9 Å². The maximum Gasteiger partial charge on any atom is 0.253 e. The first-order valence-electron chi connectivity index (χ1n) is 9.50. The Morgan fingerprint density at radius 3 is 2.85 bits per heavy atom. The monoisotopic (exact) mass is 378 g/mol. The molecule has 2 fully saturated rings. The molecule has 1 aromatic rings. The quantitative estimate of drug-likeness (QED) is 0.869. The number of hydrogen-bond donors (Lipinski definition) is 1. The lowest BCUT2D eigenvalue weighted by molar-refractivity contribution is -0.139. The van der Waals surface area contributed by atoms with Crippen LogP contribution >= 0.6 is 11.6 Å². The Labute approximate surface area is 159 Å². The van der Waals surface area contributed by atoms with Gasteiger partial charge in [0.05, 0.1) is 5.02 Å². The molecular weight excluding hydrogens is 352 g/mol. The van der Waals surface area contributed by atoms with Crippen molar-refractivity contribution in [2.75, 3.05) is 26.2 Å². The second-order valence-corrected chi connectivity index (χ2v) is 8.07. The van der Waals surface area contributed by atoms with E-state index in [2.05, 4.69) is 6.92 Å². The molecule has 26 heavy (non-hydrogen) atoms. The predicted molar refractivity (Wildman–Crippen MR) is 101 cm³/mol. The van der Waals surface area contributed by atoms with Crippen LogP contribution in [0.1, 0.15) is 55.8 Å². The fraction of sp³-hybridized carbons (Fsp3) is 0.600. The van der Waals surface area contributed by atoms with Crippen molar-refractivity contribution in [2.45, 2.75) is 45.4 Å². The van der Waals surface area contributed by atoms with Crippen LogP contribution < -0.4 is 0 Å². The van der Waals surface area contributed by atoms with E-state index in [1.54, 1.807) is 6.07 Å². The average molecular weight is 379 g/mol. The van der Waals surface area contributed by atoms with Gasteiger partial charge in [0, 0.05) is 43.6 Å². The highest BCUT2D eigenvalue weighted by Crippen LogP contribution is 2.39. The van der Waals surface area contributed by atoms with E-state index in [9.17, 15) is 14.7 Å². The zero-order valence-corrected chi connectivity index (χ0v) is 16.1. The highest BCUT2D eigenvalue weighted by Gasteiger charge is 2.42. The molecular formula is C20H27ClN2O3. The van der Waals surface area contributed by atoms with Crippen molar-refractivity contribution in [2.24, 2.45) is 5.41 Å². The van der Waals surface area contributed by atoms with Gasteiger partial charge in [0.25, 0.3) is 5.91 Å². The SMILES string of the molecule is CCCCN1C[C@]2(CCCN(C(=O)c3ccc(O)c(Cl)c3)C2)CCC1=O. The smallest absolute Gasteiger partial charge is 0.253 e. The van der Waals surface area contributed by atoms with Gasteiger partial charge in [0.2, 0.25) is 5.91 Å². The predicted octanol–water partition coefficient (Wildman–Crippen LogP) is 3.69. The van der Waals surface area contributed by atoms with Crippen LogP contribution in [0.5, 0.6) is 5.75 Å². The number of likely N-dealkylation sites (tertiary alicyclic amines) is 2. The highest BCUT2D eigenvalue weighted by molar-refractivity contribution is 6.32. The number of unbranched alkanes of at least 4 members (excludes halogenated alkanes) is 1. The van der Waals surface area contributed by atoms with Gasteiger partial charge in [-0.15, -0.1) is 0 Å². The van der Waals surface area contributed by atoms with Crippen molar-refractivity contribution in [3.05, 3.63) is 28.8 Å². The summed E-state index contributed by atoms with van der Waals surface area (Å²) in [5.41, 5.74) is 0.510. The Bertz CT molecular complexity index is 694. The summed E-state index contributed by atoms with van der Waals surface area (Å²) in [4.78, 5) is 29.0. The highest BCUT2D eigenvalue weighted by atomic mass is 35.5. The Morgan fingerprint density at radius 1 is 1.31 bits per heavy atom. The van der Waals surface area contributed by atoms with Gasteiger partial charge >= 0.3 is 0 Å². The van der Waals surface area contributed by atoms with E-state index in [-0.39, 0.29) is 28.0 Å². The number of rotatable bonds is 4. The van der Waals surface area contributed by atoms with Gasteiger partial charge in [0.15, 0.2) is 0 Å². The molecule has 1 atom stereocenters. The molecule has 0 saturated carbocycles. The molecule has 2 amide bonds. The van der Waals surface area contributed by atoms with E-state index < -0.39 is 0 Å². The summed E-state index contributed by atoms with van der Waals surface area (Å²) in [7, 11) is 0. The summed E-state index contributed by atoms with van der Waals surface area (Å²) in [6, 6.07) is 4.60. The van der Waals surface area contributed by atoms with Crippen molar-refractivity contribution in [3.63, 3.8) is 0 Å². The van der Waals surface area contributed by atoms with Crippen molar-refractivity contribution < 1.29 is 14.7 Å². The Kier molecular flexibility index (Phi) is 5.76. The Hall–Kier alpha value is -1.75. The van der Waals surface area contributed by atoms with E-state index in [0.717, 1.165) is 51.7 Å². The van der Waals surface area contributed by atoms with Crippen LogP contribution in [0.3, 0.4) is 0 Å². The third-order valence-electron chi connectivity index (χ3n) is 5.67. The number of amides is 2. The summed E-state index contributed by atoms with van der Waals surface area (Å²) >= 11 is 5.96. The zero-order chi connectivity index (χ0) is 18.7. The van der Waals surface area contributed by atoms with Gasteiger partial charge < -0.3 is 14.9 Å². The number of halogens is 1. The largest absolute Gasteiger partial charge is 0.506 e. The van der Waals surface area contributed by atoms with E-state index in [0.29, 0.717) is 18.5 Å². The van der Waals surface area contributed by atoms with Gasteiger partial charge in [-0.1, -0.05) is 24.9 Å². The third kappa shape index (κ3) is 3.98. The van der Waals surface area contributed by atoms with Crippen LogP contribution in [0, 0.1) is 5.41 Å². The number of phenols is 1. The lowest BCUT2D eigenvalue weighted by Crippen LogP contribution is -2.55. The van der Waals surface area contributed by atoms with Gasteiger partial charge in [-0.3, -0.25) is 9.59 Å². The van der Waals surface area contributed by atoms with Crippen LogP contribution in [0.4, 0.5) is 0 Å². The minimum Gasteiger partial charge on any atom is -0.506 e. The van der Waals surface area contributed by atoms with Gasteiger partial charge in [-0.05, 0) is 43.9 Å². The van der Waals surface area contributed by atoms with Crippen LogP contribution in [-0.2, 0) is 4.79 Å². The molecule has 2 aliphatic heterocycles. The van der Waals surface area contributed by atoms with Gasteiger partial charge in [0.1, 0.15) is 5.75 Å². The van der Waals surface area contributed by atoms with Crippen LogP contribution in [0.25, 0.3) is 0 Å². The van der Waals surface area contributed by atoms with E-state index in [1.807, 2.05) is 9.80 Å². The summed E-state index contributed by atoms with van der Waals surface area (Å²) in [5.74, 6) is 0.177. The van der Waals surface area contributed by atoms with Crippen LogP contribution in [0.15, 0.2) is 18.2 Å². The molecule has 1 N–H and O–H groups in total. The number of nitrogens with zero attached hydrogens (tertiary/aromatic N) is 2. The van der Waals surface area contributed by atoms with E-state index in [4.69, 9.17) is 11.6 Å². The summed E-state index contributed by atoms with van der Waals surface area (Å²) in [6.07, 6.45) is 5.54. The molecule has 1 spiro atoms. The standard InChI is InChI=1S/C20H27ClN2O3/c1-2-3-10-22-13-20(9-7-18(22)25)8-4-11-23(14-20)19(26)15-5-6-17(24)16(21)12-15/h5-6,12,24H,2-4,7-11,13-14H2,1H3/t20-/m0/s1. The zero-order valence-electron chi connectivity index (χ0n) is 15.3. The normalized spacial score (nSPS) is 23.5. The first kappa shape index (κ1) is 19.0. The number of piperidine rings is 2. The molecule has 142 valence electrons. The molecule has 5 nitrogen and oxygen atoms in total. The molecule has 0 aliphatic carbocycles. The Balaban J connectivity index is 1.72. The molecule has 2 saturated heterocycles. The average Bonchev–Trinajstić information content (AvgIpc) is 2.64. The molecule has 0 aromatic heterocycles. The lowest BCUT2D eigenvalue weighted by atomic mass is 9.73. The third-order valence-corrected chi connectivity index (χ3v) is 5.98. The van der Waals surface area contributed by atoms with Crippen molar-refractivity contribution in [1.29, 1.82) is 0 Å². The summed E-state index contributed by atoms with van der Waals surface area (Å²) in [6.45, 7) is 5.11. The molecule has 0 unspecified atom stereocenters. The number of carbonyl (C=O) groups is 2. The first-order valence-corrected chi connectivity index (χ1v) is 9.87. The minimum absolute atomic E-state index is 0.0102. The molecule has 3 rings (SSSR count). The maximum absolute atomic E-state index is 12.9. The molecule has 6 heteroatoms. The van der Waals surface area contributed by atoms with Crippen molar-refractivity contribution in [1.82, 2.24) is 9.80 Å². The number of hydrogen-bond acceptors (Lipinski definition) is 3. The number of phenolic OH excluding ortho intramolecular Hbond substituents is 1. The maximum atomic E-state index is 12.9.